The second-order valence-corrected chi connectivity index (χ2v) is 1.09. The number of aliphatic hydroxyl groups is 1. The average molecular weight is 155 g/mol. The van der Waals surface area contributed by atoms with E-state index in [0.29, 0.717) is 0 Å². The molecule has 0 aromatic carbocycles. The molecule has 0 aliphatic heterocycles. The van der Waals surface area contributed by atoms with Gasteiger partial charge in [0.15, 0.2) is 0 Å². The van der Waals surface area contributed by atoms with E-state index in [0.717, 1.165) is 0 Å². The molecule has 0 fully saturated rings. The average Bonchev–Trinajstić information content (AvgIpc) is 0.811. The Balaban J connectivity index is -0.0000000150. The smallest absolute Gasteiger partial charge is 1.00 e. The van der Waals surface area contributed by atoms with Gasteiger partial charge in [0.25, 0.3) is 0 Å². The SMILES string of the molecule is CC(C)O.[Cl-].[Cl-].[Mg+2]. The zero-order valence-electron chi connectivity index (χ0n) is 4.49. The van der Waals surface area contributed by atoms with E-state index in [1.165, 1.54) is 0 Å². The predicted molar refractivity (Wildman–Crippen MR) is 23.1 cm³/mol. The van der Waals surface area contributed by atoms with Crippen LogP contribution in [0.2, 0.25) is 0 Å². The summed E-state index contributed by atoms with van der Waals surface area (Å²) in [6.07, 6.45) is -0.167. The van der Waals surface area contributed by atoms with Crippen LogP contribution in [0.3, 0.4) is 0 Å². The van der Waals surface area contributed by atoms with E-state index in [1.54, 1.807) is 13.8 Å². The first-order valence-electron chi connectivity index (χ1n) is 1.41. The Morgan fingerprint density at radius 1 is 1.14 bits per heavy atom. The van der Waals surface area contributed by atoms with Crippen molar-refractivity contribution in [3.63, 3.8) is 0 Å². The van der Waals surface area contributed by atoms with Crippen molar-refractivity contribution in [3.8, 4) is 0 Å². The Labute approximate surface area is 72.8 Å². The monoisotopic (exact) mass is 154 g/mol. The maximum Gasteiger partial charge on any atom is 2.00 e. The van der Waals surface area contributed by atoms with Crippen LogP contribution in [0.4, 0.5) is 0 Å². The van der Waals surface area contributed by atoms with Crippen LogP contribution in [0.15, 0.2) is 0 Å². The van der Waals surface area contributed by atoms with Gasteiger partial charge in [0.05, 0.1) is 0 Å². The van der Waals surface area contributed by atoms with Crippen LogP contribution in [0.1, 0.15) is 13.8 Å². The van der Waals surface area contributed by atoms with Crippen molar-refractivity contribution in [2.75, 3.05) is 0 Å². The van der Waals surface area contributed by atoms with Gasteiger partial charge >= 0.3 is 23.1 Å². The molecule has 0 saturated heterocycles. The molecule has 0 aromatic heterocycles. The first kappa shape index (κ1) is 23.9. The third-order valence-corrected chi connectivity index (χ3v) is 0. The molecule has 7 heavy (non-hydrogen) atoms. The van der Waals surface area contributed by atoms with Gasteiger partial charge in [0, 0.05) is 6.10 Å². The van der Waals surface area contributed by atoms with Gasteiger partial charge in [-0.05, 0) is 13.8 Å². The van der Waals surface area contributed by atoms with E-state index in [1.807, 2.05) is 0 Å². The molecule has 0 aliphatic rings. The summed E-state index contributed by atoms with van der Waals surface area (Å²) in [7, 11) is 0. The maximum absolute atomic E-state index is 8.06. The topological polar surface area (TPSA) is 20.2 Å². The molecule has 42 valence electrons. The molecule has 4 heteroatoms. The molecule has 0 heterocycles. The van der Waals surface area contributed by atoms with Crippen LogP contribution in [-0.2, 0) is 0 Å². The van der Waals surface area contributed by atoms with Crippen molar-refractivity contribution >= 4 is 23.1 Å². The Morgan fingerprint density at radius 3 is 1.14 bits per heavy atom. The van der Waals surface area contributed by atoms with Crippen LogP contribution in [0, 0.1) is 0 Å². The Morgan fingerprint density at radius 2 is 1.14 bits per heavy atom. The van der Waals surface area contributed by atoms with E-state index in [2.05, 4.69) is 0 Å². The zero-order chi connectivity index (χ0) is 3.58. The van der Waals surface area contributed by atoms with Gasteiger partial charge in [-0.3, -0.25) is 0 Å². The summed E-state index contributed by atoms with van der Waals surface area (Å²) in [6, 6.07) is 0. The molecule has 0 atom stereocenters. The van der Waals surface area contributed by atoms with Gasteiger partial charge in [0.2, 0.25) is 0 Å². The number of aliphatic hydroxyl groups excluding tert-OH is 1. The van der Waals surface area contributed by atoms with Crippen molar-refractivity contribution in [1.82, 2.24) is 0 Å². The molecule has 0 radical (unpaired) electrons. The van der Waals surface area contributed by atoms with Gasteiger partial charge in [-0.25, -0.2) is 0 Å². The Bertz CT molecular complexity index is 17.7. The molecule has 0 bridgehead atoms. The van der Waals surface area contributed by atoms with Crippen molar-refractivity contribution in [1.29, 1.82) is 0 Å². The number of rotatable bonds is 0. The Hall–Kier alpha value is 1.31. The minimum Gasteiger partial charge on any atom is -1.00 e. The van der Waals surface area contributed by atoms with Crippen LogP contribution >= 0.6 is 0 Å². The molecule has 1 nitrogen and oxygen atoms in total. The maximum atomic E-state index is 8.06. The fraction of sp³-hybridized carbons (Fsp3) is 1.00. The molecule has 0 saturated carbocycles. The van der Waals surface area contributed by atoms with Gasteiger partial charge in [-0.2, -0.15) is 0 Å². The van der Waals surface area contributed by atoms with Crippen molar-refractivity contribution in [2.45, 2.75) is 20.0 Å². The van der Waals surface area contributed by atoms with Gasteiger partial charge in [-0.1, -0.05) is 0 Å². The van der Waals surface area contributed by atoms with E-state index >= 15 is 0 Å². The zero-order valence-corrected chi connectivity index (χ0v) is 7.41. The summed E-state index contributed by atoms with van der Waals surface area (Å²) >= 11 is 0. The summed E-state index contributed by atoms with van der Waals surface area (Å²) in [6.45, 7) is 3.44. The molecule has 0 aliphatic carbocycles. The minimum absolute atomic E-state index is 0. The standard InChI is InChI=1S/C3H8O.2ClH.Mg/c1-3(2)4;;;/h3-4H,1-2H3;2*1H;/q;;;+2/p-2. The number of halogens is 2. The molecular weight excluding hydrogens is 147 g/mol. The summed E-state index contributed by atoms with van der Waals surface area (Å²) in [5, 5.41) is 8.06. The van der Waals surface area contributed by atoms with E-state index in [4.69, 9.17) is 5.11 Å². The van der Waals surface area contributed by atoms with Crippen LogP contribution < -0.4 is 24.8 Å². The second kappa shape index (κ2) is 15.7. The summed E-state index contributed by atoms with van der Waals surface area (Å²) in [4.78, 5) is 0. The minimum atomic E-state index is -0.167. The third-order valence-electron chi connectivity index (χ3n) is 0. The quantitative estimate of drug-likeness (QED) is 0.345. The molecule has 0 amide bonds. The molecule has 0 rings (SSSR count). The van der Waals surface area contributed by atoms with E-state index < -0.39 is 0 Å². The second-order valence-electron chi connectivity index (χ2n) is 1.09. The summed E-state index contributed by atoms with van der Waals surface area (Å²) in [5.41, 5.74) is 0. The van der Waals surface area contributed by atoms with Crippen LogP contribution in [0.5, 0.6) is 0 Å². The molecule has 0 aromatic rings. The molecule has 0 unspecified atom stereocenters. The number of hydrogen-bond acceptors (Lipinski definition) is 1. The predicted octanol–water partition coefficient (Wildman–Crippen LogP) is -5.99. The van der Waals surface area contributed by atoms with Crippen LogP contribution in [-0.4, -0.2) is 34.3 Å². The van der Waals surface area contributed by atoms with E-state index in [9.17, 15) is 0 Å². The Kier molecular flexibility index (Phi) is 53.5. The van der Waals surface area contributed by atoms with Gasteiger partial charge in [-0.15, -0.1) is 0 Å². The van der Waals surface area contributed by atoms with Crippen molar-refractivity contribution in [3.05, 3.63) is 0 Å². The van der Waals surface area contributed by atoms with Gasteiger partial charge in [0.1, 0.15) is 0 Å². The van der Waals surface area contributed by atoms with Crippen molar-refractivity contribution in [2.24, 2.45) is 0 Å². The van der Waals surface area contributed by atoms with Crippen LogP contribution in [0.25, 0.3) is 0 Å². The first-order chi connectivity index (χ1) is 1.73. The summed E-state index contributed by atoms with van der Waals surface area (Å²) < 4.78 is 0. The normalized spacial score (nSPS) is 5.14. The molecule has 0 spiro atoms. The molecule has 1 N–H and O–H groups in total. The number of hydrogen-bond donors (Lipinski definition) is 1. The fourth-order valence-electron chi connectivity index (χ4n) is 0. The fourth-order valence-corrected chi connectivity index (χ4v) is 0. The summed E-state index contributed by atoms with van der Waals surface area (Å²) in [5.74, 6) is 0. The first-order valence-corrected chi connectivity index (χ1v) is 1.41. The van der Waals surface area contributed by atoms with Crippen molar-refractivity contribution < 1.29 is 29.9 Å². The van der Waals surface area contributed by atoms with E-state index in [-0.39, 0.29) is 54.0 Å². The largest absolute Gasteiger partial charge is 2.00 e. The van der Waals surface area contributed by atoms with Gasteiger partial charge < -0.3 is 29.9 Å². The molecular formula is C3H8Cl2MgO. The third kappa shape index (κ3) is 121.